The summed E-state index contributed by atoms with van der Waals surface area (Å²) in [5.41, 5.74) is 1.70. The Morgan fingerprint density at radius 2 is 1.72 bits per heavy atom. The first kappa shape index (κ1) is 22.6. The van der Waals surface area contributed by atoms with Gasteiger partial charge < -0.3 is 10.6 Å². The summed E-state index contributed by atoms with van der Waals surface area (Å²) < 4.78 is 13.9. The lowest BCUT2D eigenvalue weighted by atomic mass is 10.0. The highest BCUT2D eigenvalue weighted by atomic mass is 19.1. The van der Waals surface area contributed by atoms with Crippen LogP contribution in [0.25, 0.3) is 0 Å². The van der Waals surface area contributed by atoms with Crippen LogP contribution in [0.3, 0.4) is 0 Å². The van der Waals surface area contributed by atoms with Crippen LogP contribution in [0.5, 0.6) is 0 Å². The fourth-order valence-corrected chi connectivity index (χ4v) is 3.07. The van der Waals surface area contributed by atoms with Crippen molar-refractivity contribution in [1.29, 1.82) is 0 Å². The zero-order chi connectivity index (χ0) is 21.4. The fraction of sp³-hybridized carbons (Fsp3) is 0.391. The maximum atomic E-state index is 13.9. The quantitative estimate of drug-likeness (QED) is 0.668. The molecule has 0 fully saturated rings. The topological polar surface area (TPSA) is 61.4 Å². The van der Waals surface area contributed by atoms with Gasteiger partial charge in [0.2, 0.25) is 5.91 Å². The van der Waals surface area contributed by atoms with Crippen molar-refractivity contribution in [1.82, 2.24) is 10.2 Å². The van der Waals surface area contributed by atoms with Gasteiger partial charge in [-0.15, -0.1) is 0 Å². The minimum absolute atomic E-state index is 0.0767. The molecule has 29 heavy (non-hydrogen) atoms. The van der Waals surface area contributed by atoms with Crippen molar-refractivity contribution in [3.05, 3.63) is 65.5 Å². The van der Waals surface area contributed by atoms with Gasteiger partial charge in [-0.05, 0) is 48.8 Å². The zero-order valence-corrected chi connectivity index (χ0v) is 17.5. The van der Waals surface area contributed by atoms with Crippen molar-refractivity contribution in [3.8, 4) is 0 Å². The van der Waals surface area contributed by atoms with Crippen molar-refractivity contribution in [3.63, 3.8) is 0 Å². The van der Waals surface area contributed by atoms with E-state index in [1.807, 2.05) is 38.1 Å². The van der Waals surface area contributed by atoms with Crippen LogP contribution in [0, 0.1) is 11.7 Å². The number of halogens is 1. The normalized spacial score (nSPS) is 12.1. The van der Waals surface area contributed by atoms with Crippen LogP contribution in [-0.4, -0.2) is 35.8 Å². The fourth-order valence-electron chi connectivity index (χ4n) is 3.07. The average molecular weight is 400 g/mol. The Kier molecular flexibility index (Phi) is 8.34. The molecule has 5 nitrogen and oxygen atoms in total. The monoisotopic (exact) mass is 399 g/mol. The van der Waals surface area contributed by atoms with E-state index in [1.54, 1.807) is 6.07 Å². The van der Waals surface area contributed by atoms with Crippen LogP contribution >= 0.6 is 0 Å². The second-order valence-electron chi connectivity index (χ2n) is 7.33. The first-order valence-corrected chi connectivity index (χ1v) is 10.0. The van der Waals surface area contributed by atoms with Gasteiger partial charge in [0.25, 0.3) is 5.91 Å². The molecule has 1 unspecified atom stereocenters. The van der Waals surface area contributed by atoms with Crippen LogP contribution in [0.2, 0.25) is 0 Å². The van der Waals surface area contributed by atoms with Crippen LogP contribution in [0.15, 0.2) is 48.5 Å². The molecule has 0 saturated heterocycles. The number of rotatable bonds is 9. The summed E-state index contributed by atoms with van der Waals surface area (Å²) in [7, 11) is 0. The van der Waals surface area contributed by atoms with Crippen LogP contribution < -0.4 is 10.6 Å². The number of nitrogens with zero attached hydrogens (tertiary/aromatic N) is 1. The Hall–Kier alpha value is -2.73. The van der Waals surface area contributed by atoms with E-state index in [0.29, 0.717) is 5.69 Å². The SMILES string of the molecule is CCN(CC)Cc1cccc(NC(=O)C(NC(=O)c2ccccc2F)C(C)C)c1. The van der Waals surface area contributed by atoms with Crippen LogP contribution in [0.4, 0.5) is 10.1 Å². The van der Waals surface area contributed by atoms with Gasteiger partial charge in [0.1, 0.15) is 11.9 Å². The average Bonchev–Trinajstić information content (AvgIpc) is 2.70. The second-order valence-corrected chi connectivity index (χ2v) is 7.33. The molecule has 0 spiro atoms. The van der Waals surface area contributed by atoms with E-state index in [9.17, 15) is 14.0 Å². The molecule has 2 aromatic carbocycles. The Morgan fingerprint density at radius 1 is 1.03 bits per heavy atom. The molecule has 0 aliphatic carbocycles. The number of carbonyl (C=O) groups excluding carboxylic acids is 2. The molecule has 1 atom stereocenters. The largest absolute Gasteiger partial charge is 0.340 e. The highest BCUT2D eigenvalue weighted by Crippen LogP contribution is 2.15. The minimum Gasteiger partial charge on any atom is -0.340 e. The Balaban J connectivity index is 2.10. The number of benzene rings is 2. The van der Waals surface area contributed by atoms with Gasteiger partial charge in [-0.3, -0.25) is 14.5 Å². The van der Waals surface area contributed by atoms with Crippen molar-refractivity contribution >= 4 is 17.5 Å². The maximum absolute atomic E-state index is 13.9. The molecule has 2 N–H and O–H groups in total. The highest BCUT2D eigenvalue weighted by molar-refractivity contribution is 6.01. The van der Waals surface area contributed by atoms with Gasteiger partial charge in [-0.1, -0.05) is 52.0 Å². The Labute approximate surface area is 172 Å². The zero-order valence-electron chi connectivity index (χ0n) is 17.5. The molecule has 0 bridgehead atoms. The van der Waals surface area contributed by atoms with E-state index in [1.165, 1.54) is 18.2 Å². The lowest BCUT2D eigenvalue weighted by Crippen LogP contribution is -2.47. The van der Waals surface area contributed by atoms with Gasteiger partial charge in [0.15, 0.2) is 0 Å². The molecule has 0 aliphatic rings. The van der Waals surface area contributed by atoms with Crippen molar-refractivity contribution in [2.45, 2.75) is 40.3 Å². The Bertz CT molecular complexity index is 834. The lowest BCUT2D eigenvalue weighted by molar-refractivity contribution is -0.118. The third kappa shape index (κ3) is 6.39. The number of nitrogens with one attached hydrogen (secondary N) is 2. The number of amides is 2. The Morgan fingerprint density at radius 3 is 2.34 bits per heavy atom. The third-order valence-corrected chi connectivity index (χ3v) is 4.85. The van der Waals surface area contributed by atoms with E-state index in [-0.39, 0.29) is 17.4 Å². The summed E-state index contributed by atoms with van der Waals surface area (Å²) in [6, 6.07) is 12.6. The second kappa shape index (κ2) is 10.7. The molecule has 6 heteroatoms. The molecule has 0 saturated carbocycles. The predicted octanol–water partition coefficient (Wildman–Crippen LogP) is 4.06. The number of hydrogen-bond acceptors (Lipinski definition) is 3. The van der Waals surface area contributed by atoms with E-state index in [4.69, 9.17) is 0 Å². The molecular formula is C23H30FN3O2. The summed E-state index contributed by atoms with van der Waals surface area (Å²) >= 11 is 0. The molecule has 2 rings (SSSR count). The molecule has 0 aromatic heterocycles. The standard InChI is InChI=1S/C23H30FN3O2/c1-5-27(6-2)15-17-10-9-11-18(14-17)25-23(29)21(16(3)4)26-22(28)19-12-7-8-13-20(19)24/h7-14,16,21H,5-6,15H2,1-4H3,(H,25,29)(H,26,28). The van der Waals surface area contributed by atoms with E-state index < -0.39 is 17.8 Å². The molecule has 0 radical (unpaired) electrons. The van der Waals surface area contributed by atoms with E-state index >= 15 is 0 Å². The first-order chi connectivity index (χ1) is 13.8. The molecule has 156 valence electrons. The molecule has 0 heterocycles. The van der Waals surface area contributed by atoms with Crippen molar-refractivity contribution in [2.24, 2.45) is 5.92 Å². The third-order valence-electron chi connectivity index (χ3n) is 4.85. The van der Waals surface area contributed by atoms with Gasteiger partial charge in [-0.25, -0.2) is 4.39 Å². The molecule has 0 aliphatic heterocycles. The molecular weight excluding hydrogens is 369 g/mol. The van der Waals surface area contributed by atoms with Gasteiger partial charge in [0, 0.05) is 12.2 Å². The summed E-state index contributed by atoms with van der Waals surface area (Å²) in [4.78, 5) is 27.5. The first-order valence-electron chi connectivity index (χ1n) is 10.0. The highest BCUT2D eigenvalue weighted by Gasteiger charge is 2.25. The van der Waals surface area contributed by atoms with E-state index in [2.05, 4.69) is 29.4 Å². The number of hydrogen-bond donors (Lipinski definition) is 2. The summed E-state index contributed by atoms with van der Waals surface area (Å²) in [6.45, 7) is 10.6. The van der Waals surface area contributed by atoms with Crippen LogP contribution in [-0.2, 0) is 11.3 Å². The predicted molar refractivity (Wildman–Crippen MR) is 114 cm³/mol. The summed E-state index contributed by atoms with van der Waals surface area (Å²) in [6.07, 6.45) is 0. The van der Waals surface area contributed by atoms with E-state index in [0.717, 1.165) is 25.2 Å². The van der Waals surface area contributed by atoms with Crippen LogP contribution in [0.1, 0.15) is 43.6 Å². The minimum atomic E-state index is -0.784. The van der Waals surface area contributed by atoms with Gasteiger partial charge >= 0.3 is 0 Å². The van der Waals surface area contributed by atoms with Crippen molar-refractivity contribution in [2.75, 3.05) is 18.4 Å². The lowest BCUT2D eigenvalue weighted by Gasteiger charge is -2.22. The molecule has 2 aromatic rings. The van der Waals surface area contributed by atoms with Crippen molar-refractivity contribution < 1.29 is 14.0 Å². The number of carbonyl (C=O) groups is 2. The summed E-state index contributed by atoms with van der Waals surface area (Å²) in [5.74, 6) is -1.71. The molecule has 2 amide bonds. The maximum Gasteiger partial charge on any atom is 0.254 e. The number of anilines is 1. The van der Waals surface area contributed by atoms with Gasteiger partial charge in [0.05, 0.1) is 5.56 Å². The van der Waals surface area contributed by atoms with Gasteiger partial charge in [-0.2, -0.15) is 0 Å². The smallest absolute Gasteiger partial charge is 0.254 e. The summed E-state index contributed by atoms with van der Waals surface area (Å²) in [5, 5.41) is 5.54.